The minimum atomic E-state index is -4.50. The number of carbonyl (C=O) groups is 1. The molecule has 1 aromatic carbocycles. The topological polar surface area (TPSA) is 82.6 Å². The Hall–Kier alpha value is -2.15. The van der Waals surface area contributed by atoms with Crippen LogP contribution in [0.5, 0.6) is 0 Å². The highest BCUT2D eigenvalue weighted by Crippen LogP contribution is 2.31. The van der Waals surface area contributed by atoms with Gasteiger partial charge in [0, 0.05) is 38.1 Å². The van der Waals surface area contributed by atoms with Gasteiger partial charge in [0.05, 0.1) is 15.8 Å². The first-order valence-corrected chi connectivity index (χ1v) is 12.1. The Labute approximate surface area is 189 Å². The van der Waals surface area contributed by atoms with Crippen LogP contribution in [0, 0.1) is 0 Å². The zero-order valence-corrected chi connectivity index (χ0v) is 19.1. The van der Waals surface area contributed by atoms with Gasteiger partial charge in [-0.3, -0.25) is 4.79 Å². The van der Waals surface area contributed by atoms with E-state index >= 15 is 0 Å². The third kappa shape index (κ3) is 6.00. The lowest BCUT2D eigenvalue weighted by molar-refractivity contribution is -0.137. The fourth-order valence-corrected chi connectivity index (χ4v) is 5.17. The molecule has 174 valence electrons. The molecule has 1 saturated heterocycles. The molecule has 2 heterocycles. The molecule has 1 N–H and O–H groups in total. The summed E-state index contributed by atoms with van der Waals surface area (Å²) >= 11 is 1.08. The fourth-order valence-electron chi connectivity index (χ4n) is 3.02. The van der Waals surface area contributed by atoms with Crippen LogP contribution >= 0.6 is 11.8 Å². The van der Waals surface area contributed by atoms with Crippen LogP contribution in [0.2, 0.25) is 0 Å². The number of alkyl halides is 3. The van der Waals surface area contributed by atoms with E-state index < -0.39 is 32.9 Å². The van der Waals surface area contributed by atoms with Crippen molar-refractivity contribution in [1.29, 1.82) is 0 Å². The molecule has 12 heteroatoms. The number of thioether (sulfide) groups is 1. The third-order valence-corrected chi connectivity index (χ3v) is 7.87. The van der Waals surface area contributed by atoms with E-state index in [4.69, 9.17) is 0 Å². The van der Waals surface area contributed by atoms with Crippen molar-refractivity contribution in [2.75, 3.05) is 38.5 Å². The van der Waals surface area contributed by atoms with Gasteiger partial charge in [-0.15, -0.1) is 0 Å². The van der Waals surface area contributed by atoms with Gasteiger partial charge in [0.25, 0.3) is 0 Å². The summed E-state index contributed by atoms with van der Waals surface area (Å²) in [5, 5.41) is 2.22. The van der Waals surface area contributed by atoms with Crippen molar-refractivity contribution in [3.05, 3.63) is 48.2 Å². The molecule has 1 aliphatic rings. The van der Waals surface area contributed by atoms with Crippen molar-refractivity contribution in [2.24, 2.45) is 0 Å². The first-order valence-electron chi connectivity index (χ1n) is 9.76. The number of benzene rings is 1. The van der Waals surface area contributed by atoms with Crippen molar-refractivity contribution >= 4 is 33.4 Å². The largest absolute Gasteiger partial charge is 0.416 e. The van der Waals surface area contributed by atoms with E-state index in [1.165, 1.54) is 34.8 Å². The number of amides is 1. The highest BCUT2D eigenvalue weighted by atomic mass is 32.2. The first-order chi connectivity index (χ1) is 15.0. The Morgan fingerprint density at radius 2 is 1.84 bits per heavy atom. The Morgan fingerprint density at radius 1 is 1.16 bits per heavy atom. The van der Waals surface area contributed by atoms with E-state index in [-0.39, 0.29) is 10.6 Å². The predicted molar refractivity (Wildman–Crippen MR) is 116 cm³/mol. The van der Waals surface area contributed by atoms with Gasteiger partial charge in [0.1, 0.15) is 4.90 Å². The summed E-state index contributed by atoms with van der Waals surface area (Å²) in [5.74, 6) is -0.495. The number of sulfonamides is 1. The van der Waals surface area contributed by atoms with Gasteiger partial charge in [-0.2, -0.15) is 17.5 Å². The first kappa shape index (κ1) is 24.5. The Kier molecular flexibility index (Phi) is 7.48. The second-order valence-electron chi connectivity index (χ2n) is 7.37. The lowest BCUT2D eigenvalue weighted by Gasteiger charge is -2.31. The number of hydrogen-bond acceptors (Lipinski definition) is 6. The van der Waals surface area contributed by atoms with Gasteiger partial charge in [-0.05, 0) is 44.3 Å². The van der Waals surface area contributed by atoms with Crippen molar-refractivity contribution in [2.45, 2.75) is 28.3 Å². The number of pyridine rings is 1. The Balaban J connectivity index is 1.62. The number of likely N-dealkylation sites (N-methyl/N-ethyl adjacent to an activating group) is 1. The highest BCUT2D eigenvalue weighted by Gasteiger charge is 2.31. The molecule has 7 nitrogen and oxygen atoms in total. The summed E-state index contributed by atoms with van der Waals surface area (Å²) in [6.45, 7) is 3.70. The van der Waals surface area contributed by atoms with Gasteiger partial charge in [0.15, 0.2) is 0 Å². The number of aromatic nitrogens is 1. The average molecular weight is 489 g/mol. The molecule has 1 amide bonds. The Bertz CT molecular complexity index is 1050. The maximum atomic E-state index is 12.8. The van der Waals surface area contributed by atoms with E-state index in [1.807, 2.05) is 7.05 Å². The molecule has 2 aromatic rings. The maximum absolute atomic E-state index is 12.8. The molecule has 32 heavy (non-hydrogen) atoms. The van der Waals surface area contributed by atoms with Crippen LogP contribution in [0.4, 0.5) is 18.9 Å². The number of hydrogen-bond donors (Lipinski definition) is 1. The van der Waals surface area contributed by atoms with E-state index in [0.29, 0.717) is 31.2 Å². The second-order valence-corrected chi connectivity index (χ2v) is 10.7. The van der Waals surface area contributed by atoms with Crippen LogP contribution in [0.15, 0.2) is 52.5 Å². The summed E-state index contributed by atoms with van der Waals surface area (Å²) in [7, 11) is -1.71. The SMILES string of the molecule is C[C@@H](Sc1ccc(S(=O)(=O)N2CCN(C)CC2)cn1)C(=O)Nc1cccc(C(F)(F)F)c1. The standard InChI is InChI=1S/C20H23F3N4O3S2/c1-14(19(28)25-16-5-3-4-15(12-16)20(21,22)23)31-18-7-6-17(13-24-18)32(29,30)27-10-8-26(2)9-11-27/h3-7,12-14H,8-11H2,1-2H3,(H,25,28)/t14-/m1/s1. The van der Waals surface area contributed by atoms with Gasteiger partial charge in [-0.25, -0.2) is 13.4 Å². The van der Waals surface area contributed by atoms with Crippen LogP contribution in [0.1, 0.15) is 12.5 Å². The van der Waals surface area contributed by atoms with E-state index in [0.717, 1.165) is 23.9 Å². The second kappa shape index (κ2) is 9.77. The minimum absolute atomic E-state index is 0.0406. The molecule has 0 aliphatic carbocycles. The monoisotopic (exact) mass is 488 g/mol. The molecule has 1 fully saturated rings. The zero-order valence-electron chi connectivity index (χ0n) is 17.5. The van der Waals surface area contributed by atoms with Crippen LogP contribution in [-0.4, -0.2) is 67.0 Å². The van der Waals surface area contributed by atoms with Crippen molar-refractivity contribution in [3.63, 3.8) is 0 Å². The summed E-state index contributed by atoms with van der Waals surface area (Å²) in [4.78, 5) is 18.7. The molecule has 1 aliphatic heterocycles. The van der Waals surface area contributed by atoms with E-state index in [9.17, 15) is 26.4 Å². The number of piperazine rings is 1. The molecule has 0 saturated carbocycles. The van der Waals surface area contributed by atoms with Crippen LogP contribution in [-0.2, 0) is 21.0 Å². The summed E-state index contributed by atoms with van der Waals surface area (Å²) in [6.07, 6.45) is -3.25. The number of anilines is 1. The van der Waals surface area contributed by atoms with Crippen molar-refractivity contribution < 1.29 is 26.4 Å². The molecule has 1 atom stereocenters. The third-order valence-electron chi connectivity index (χ3n) is 4.93. The van der Waals surface area contributed by atoms with Crippen molar-refractivity contribution in [1.82, 2.24) is 14.2 Å². The van der Waals surface area contributed by atoms with Crippen LogP contribution in [0.25, 0.3) is 0 Å². The lowest BCUT2D eigenvalue weighted by atomic mass is 10.2. The van der Waals surface area contributed by atoms with Gasteiger partial charge in [-0.1, -0.05) is 17.8 Å². The zero-order chi connectivity index (χ0) is 23.5. The molecule has 0 unspecified atom stereocenters. The van der Waals surface area contributed by atoms with Gasteiger partial charge in [0.2, 0.25) is 15.9 Å². The number of nitrogens with one attached hydrogen (secondary N) is 1. The maximum Gasteiger partial charge on any atom is 0.416 e. The molecule has 0 spiro atoms. The lowest BCUT2D eigenvalue weighted by Crippen LogP contribution is -2.47. The predicted octanol–water partition coefficient (Wildman–Crippen LogP) is 3.16. The van der Waals surface area contributed by atoms with E-state index in [1.54, 1.807) is 6.92 Å². The number of nitrogens with zero attached hydrogens (tertiary/aromatic N) is 3. The quantitative estimate of drug-likeness (QED) is 0.629. The van der Waals surface area contributed by atoms with Crippen LogP contribution in [0.3, 0.4) is 0 Å². The molecular weight excluding hydrogens is 465 g/mol. The fraction of sp³-hybridized carbons (Fsp3) is 0.400. The molecule has 0 radical (unpaired) electrons. The molecule has 1 aromatic heterocycles. The highest BCUT2D eigenvalue weighted by molar-refractivity contribution is 8.00. The summed E-state index contributed by atoms with van der Waals surface area (Å²) in [6, 6.07) is 7.35. The number of carbonyl (C=O) groups excluding carboxylic acids is 1. The molecule has 0 bridgehead atoms. The van der Waals surface area contributed by atoms with Gasteiger partial charge >= 0.3 is 6.18 Å². The Morgan fingerprint density at radius 3 is 2.44 bits per heavy atom. The number of halogens is 3. The summed E-state index contributed by atoms with van der Waals surface area (Å²) < 4.78 is 65.4. The molecule has 3 rings (SSSR count). The normalized spacial score (nSPS) is 17.2. The van der Waals surface area contributed by atoms with Crippen LogP contribution < -0.4 is 5.32 Å². The summed E-state index contributed by atoms with van der Waals surface area (Å²) in [5.41, 5.74) is -0.812. The van der Waals surface area contributed by atoms with Gasteiger partial charge < -0.3 is 10.2 Å². The smallest absolute Gasteiger partial charge is 0.325 e. The average Bonchev–Trinajstić information content (AvgIpc) is 2.74. The van der Waals surface area contributed by atoms with Crippen molar-refractivity contribution in [3.8, 4) is 0 Å². The van der Waals surface area contributed by atoms with E-state index in [2.05, 4.69) is 15.2 Å². The molecular formula is C20H23F3N4O3S2. The minimum Gasteiger partial charge on any atom is -0.325 e. The number of rotatable bonds is 6.